The molecule has 0 spiro atoms. The van der Waals surface area contributed by atoms with Gasteiger partial charge in [0, 0.05) is 12.8 Å². The number of phosphoric ester groups is 1. The summed E-state index contributed by atoms with van der Waals surface area (Å²) in [6, 6.07) is 0. The summed E-state index contributed by atoms with van der Waals surface area (Å²) in [5.41, 5.74) is 0. The van der Waals surface area contributed by atoms with Crippen molar-refractivity contribution >= 4 is 19.8 Å². The maximum atomic E-state index is 12.9. The van der Waals surface area contributed by atoms with Crippen LogP contribution in [0.25, 0.3) is 0 Å². The molecule has 0 aromatic carbocycles. The van der Waals surface area contributed by atoms with E-state index >= 15 is 0 Å². The van der Waals surface area contributed by atoms with E-state index in [1.54, 1.807) is 0 Å². The molecule has 0 rings (SSSR count). The number of nitrogens with zero attached hydrogens (tertiary/aromatic N) is 1. The lowest BCUT2D eigenvalue weighted by Crippen LogP contribution is -2.37. The first-order valence-electron chi connectivity index (χ1n) is 40.9. The van der Waals surface area contributed by atoms with Crippen LogP contribution in [0, 0.1) is 0 Å². The van der Waals surface area contributed by atoms with E-state index in [-0.39, 0.29) is 32.0 Å². The highest BCUT2D eigenvalue weighted by Crippen LogP contribution is 2.38. The van der Waals surface area contributed by atoms with Crippen molar-refractivity contribution in [2.24, 2.45) is 0 Å². The Morgan fingerprint density at radius 3 is 0.885 bits per heavy atom. The van der Waals surface area contributed by atoms with Crippen LogP contribution in [0.3, 0.4) is 0 Å². The van der Waals surface area contributed by atoms with Crippen molar-refractivity contribution in [1.29, 1.82) is 0 Å². The molecule has 0 aromatic rings. The predicted molar refractivity (Wildman–Crippen MR) is 416 cm³/mol. The topological polar surface area (TPSA) is 111 Å². The van der Waals surface area contributed by atoms with E-state index in [0.717, 1.165) is 83.5 Å². The molecule has 0 fully saturated rings. The van der Waals surface area contributed by atoms with Crippen LogP contribution in [-0.4, -0.2) is 70.0 Å². The molecule has 96 heavy (non-hydrogen) atoms. The lowest BCUT2D eigenvalue weighted by atomic mass is 10.0. The van der Waals surface area contributed by atoms with E-state index in [4.69, 9.17) is 18.5 Å². The number of hydrogen-bond donors (Lipinski definition) is 0. The van der Waals surface area contributed by atoms with Crippen molar-refractivity contribution in [3.63, 3.8) is 0 Å². The second-order valence-corrected chi connectivity index (χ2v) is 30.2. The molecule has 0 saturated heterocycles. The molecule has 9 nitrogen and oxygen atoms in total. The Bertz CT molecular complexity index is 1940. The molecule has 0 radical (unpaired) electrons. The molecule has 2 unspecified atom stereocenters. The van der Waals surface area contributed by atoms with Crippen LogP contribution < -0.4 is 4.89 Å². The van der Waals surface area contributed by atoms with E-state index in [0.29, 0.717) is 17.4 Å². The number of carbonyl (C=O) groups excluding carboxylic acids is 2. The molecule has 0 aliphatic carbocycles. The second-order valence-electron chi connectivity index (χ2n) is 28.8. The maximum absolute atomic E-state index is 12.9. The summed E-state index contributed by atoms with van der Waals surface area (Å²) < 4.78 is 34.4. The third-order valence-electron chi connectivity index (χ3n) is 18.1. The van der Waals surface area contributed by atoms with E-state index in [2.05, 4.69) is 111 Å². The molecule has 0 heterocycles. The molecule has 0 saturated carbocycles. The van der Waals surface area contributed by atoms with Crippen molar-refractivity contribution in [1.82, 2.24) is 0 Å². The van der Waals surface area contributed by atoms with Crippen LogP contribution in [0.4, 0.5) is 0 Å². The first-order valence-corrected chi connectivity index (χ1v) is 42.4. The Morgan fingerprint density at radius 2 is 0.594 bits per heavy atom. The fraction of sp³-hybridized carbons (Fsp3) is 0.791. The molecule has 10 heteroatoms. The summed E-state index contributed by atoms with van der Waals surface area (Å²) in [6.45, 7) is 4.17. The average Bonchev–Trinajstić information content (AvgIpc) is 1.48. The van der Waals surface area contributed by atoms with Crippen LogP contribution in [0.5, 0.6) is 0 Å². The Hall–Kier alpha value is -3.07. The number of quaternary nitrogens is 1. The second kappa shape index (κ2) is 76.1. The van der Waals surface area contributed by atoms with Crippen molar-refractivity contribution in [3.05, 3.63) is 97.2 Å². The number of likely N-dealkylation sites (N-methyl/N-ethyl adjacent to an activating group) is 1. The van der Waals surface area contributed by atoms with E-state index in [1.807, 2.05) is 21.1 Å². The molecule has 0 aliphatic heterocycles. The van der Waals surface area contributed by atoms with Gasteiger partial charge in [0.1, 0.15) is 19.8 Å². The van der Waals surface area contributed by atoms with Gasteiger partial charge in [0.25, 0.3) is 7.82 Å². The summed E-state index contributed by atoms with van der Waals surface area (Å²) in [6.07, 6.45) is 107. The van der Waals surface area contributed by atoms with Gasteiger partial charge in [-0.1, -0.05) is 374 Å². The maximum Gasteiger partial charge on any atom is 0.306 e. The molecule has 0 amide bonds. The highest BCUT2D eigenvalue weighted by Gasteiger charge is 2.22. The molecule has 2 atom stereocenters. The Kier molecular flexibility index (Phi) is 73.7. The number of hydrogen-bond acceptors (Lipinski definition) is 8. The van der Waals surface area contributed by atoms with Gasteiger partial charge in [-0.25, -0.2) is 0 Å². The van der Waals surface area contributed by atoms with Crippen LogP contribution in [0.15, 0.2) is 97.2 Å². The summed E-state index contributed by atoms with van der Waals surface area (Å²) in [5, 5.41) is 0. The third kappa shape index (κ3) is 79.9. The summed E-state index contributed by atoms with van der Waals surface area (Å²) in [4.78, 5) is 38.2. The Balaban J connectivity index is 3.92. The van der Waals surface area contributed by atoms with Gasteiger partial charge in [-0.3, -0.25) is 14.2 Å². The standard InChI is InChI=1S/C86H156NO8P/c1-6-8-10-12-14-16-18-20-22-24-26-28-30-32-34-36-38-40-41-42-43-44-45-47-48-50-52-54-56-58-60-62-64-66-68-70-72-74-76-78-85(88)92-82-84(83-94-96(90,91)93-81-80-87(3,4)5)95-86(89)79-77-75-73-71-69-67-65-63-61-59-57-55-53-51-49-46-39-37-35-33-31-29-27-25-23-21-19-17-15-13-11-9-7-2/h9,11,15,17-18,20-21,23-24,26-27,29,33,35,39,46,84H,6-8,10,12-14,16,19,22,25,28,30-32,34,36-38,40-45,47-83H2,1-5H3/b11-9-,17-15-,20-18-,23-21-,26-24-,29-27-,35-33-,46-39-. The van der Waals surface area contributed by atoms with Gasteiger partial charge in [-0.15, -0.1) is 0 Å². The highest BCUT2D eigenvalue weighted by atomic mass is 31.2. The van der Waals surface area contributed by atoms with Crippen molar-refractivity contribution < 1.29 is 42.1 Å². The number of ether oxygens (including phenoxy) is 2. The number of allylic oxidation sites excluding steroid dienone is 16. The minimum absolute atomic E-state index is 0.0317. The van der Waals surface area contributed by atoms with Gasteiger partial charge >= 0.3 is 11.9 Å². The SMILES string of the molecule is CC/C=C\C/C=C\C/C=C\C/C=C\C/C=C\C/C=C\CCCCCCCCCCCCCCCCC(=O)OC(COC(=O)CCCCCCCCCCCCCCCCCCCCCCCCCCCCC/C=C\C/C=C\CCCCCCC)COP(=O)([O-])OCC[N+](C)(C)C. The fourth-order valence-electron chi connectivity index (χ4n) is 11.9. The van der Waals surface area contributed by atoms with Crippen LogP contribution in [-0.2, 0) is 32.7 Å². The van der Waals surface area contributed by atoms with Crippen LogP contribution in [0.2, 0.25) is 0 Å². The lowest BCUT2D eigenvalue weighted by molar-refractivity contribution is -0.870. The molecular formula is C86H156NO8P. The number of phosphoric acid groups is 1. The largest absolute Gasteiger partial charge is 0.756 e. The first-order chi connectivity index (χ1) is 47.0. The summed E-state index contributed by atoms with van der Waals surface area (Å²) >= 11 is 0. The third-order valence-corrected chi connectivity index (χ3v) is 19.1. The molecule has 0 aromatic heterocycles. The quantitative estimate of drug-likeness (QED) is 0.0195. The van der Waals surface area contributed by atoms with E-state index in [9.17, 15) is 19.0 Å². The van der Waals surface area contributed by atoms with E-state index < -0.39 is 26.5 Å². The van der Waals surface area contributed by atoms with Gasteiger partial charge < -0.3 is 27.9 Å². The van der Waals surface area contributed by atoms with E-state index in [1.165, 1.54) is 270 Å². The zero-order valence-electron chi connectivity index (χ0n) is 63.8. The molecule has 0 N–H and O–H groups in total. The predicted octanol–water partition coefficient (Wildman–Crippen LogP) is 26.8. The Morgan fingerprint density at radius 1 is 0.333 bits per heavy atom. The summed E-state index contributed by atoms with van der Waals surface area (Å²) in [7, 11) is 1.18. The number of carbonyl (C=O) groups is 2. The minimum atomic E-state index is -4.65. The first kappa shape index (κ1) is 92.9. The monoisotopic (exact) mass is 1360 g/mol. The van der Waals surface area contributed by atoms with Gasteiger partial charge in [0.2, 0.25) is 0 Å². The molecular weight excluding hydrogens is 1210 g/mol. The summed E-state index contributed by atoms with van der Waals surface area (Å²) in [5.74, 6) is -0.819. The number of esters is 2. The molecule has 0 aliphatic rings. The molecule has 558 valence electrons. The fourth-order valence-corrected chi connectivity index (χ4v) is 12.6. The zero-order chi connectivity index (χ0) is 69.7. The normalized spacial score (nSPS) is 13.5. The number of unbranched alkanes of at least 4 members (excludes halogenated alkanes) is 46. The highest BCUT2D eigenvalue weighted by molar-refractivity contribution is 7.45. The van der Waals surface area contributed by atoms with Crippen molar-refractivity contribution in [2.75, 3.05) is 47.5 Å². The van der Waals surface area contributed by atoms with Gasteiger partial charge in [0.05, 0.1) is 27.7 Å². The van der Waals surface area contributed by atoms with Crippen molar-refractivity contribution in [2.45, 2.75) is 392 Å². The number of rotatable bonds is 76. The zero-order valence-corrected chi connectivity index (χ0v) is 64.7. The van der Waals surface area contributed by atoms with Crippen LogP contribution >= 0.6 is 7.82 Å². The lowest BCUT2D eigenvalue weighted by Gasteiger charge is -2.28. The van der Waals surface area contributed by atoms with Crippen molar-refractivity contribution in [3.8, 4) is 0 Å². The average molecular weight is 1360 g/mol. The van der Waals surface area contributed by atoms with Crippen LogP contribution in [0.1, 0.15) is 386 Å². The van der Waals surface area contributed by atoms with Gasteiger partial charge in [0.15, 0.2) is 6.10 Å². The Labute approximate surface area is 595 Å². The van der Waals surface area contributed by atoms with Gasteiger partial charge in [-0.2, -0.15) is 0 Å². The van der Waals surface area contributed by atoms with Gasteiger partial charge in [-0.05, 0) is 96.3 Å². The molecule has 0 bridgehead atoms. The smallest absolute Gasteiger partial charge is 0.306 e. The minimum Gasteiger partial charge on any atom is -0.756 e.